The van der Waals surface area contributed by atoms with Crippen molar-refractivity contribution in [1.82, 2.24) is 15.1 Å². The van der Waals surface area contributed by atoms with Crippen LogP contribution < -0.4 is 4.74 Å². The zero-order chi connectivity index (χ0) is 21.7. The Morgan fingerprint density at radius 2 is 1.77 bits per heavy atom. The van der Waals surface area contributed by atoms with E-state index < -0.39 is 0 Å². The Kier molecular flexibility index (Phi) is 7.24. The molecule has 3 aromatic rings. The van der Waals surface area contributed by atoms with Crippen molar-refractivity contribution in [2.75, 3.05) is 6.61 Å². The standard InChI is InChI=1S/C25H33N3O2/c1-7-10-29-23-17(6)12-20(13-18(23)8-2)24-27-25(30-28-24)21-14-19(11-16(4)5)22(9-3)26-15-21/h12-16H,7-11H2,1-6H3. The molecule has 0 aliphatic carbocycles. The Labute approximate surface area is 179 Å². The molecule has 2 aromatic heterocycles. The number of benzene rings is 1. The van der Waals surface area contributed by atoms with E-state index in [-0.39, 0.29) is 0 Å². The Bertz CT molecular complexity index is 992. The van der Waals surface area contributed by atoms with Gasteiger partial charge in [0.05, 0.1) is 12.2 Å². The van der Waals surface area contributed by atoms with Gasteiger partial charge in [0.2, 0.25) is 5.82 Å². The third kappa shape index (κ3) is 4.89. The predicted molar refractivity (Wildman–Crippen MR) is 121 cm³/mol. The molecule has 0 radical (unpaired) electrons. The van der Waals surface area contributed by atoms with E-state index in [4.69, 9.17) is 9.26 Å². The van der Waals surface area contributed by atoms with Gasteiger partial charge < -0.3 is 9.26 Å². The van der Waals surface area contributed by atoms with E-state index in [0.29, 0.717) is 17.6 Å². The van der Waals surface area contributed by atoms with Crippen molar-refractivity contribution in [2.45, 2.75) is 67.2 Å². The van der Waals surface area contributed by atoms with Gasteiger partial charge in [-0.2, -0.15) is 4.98 Å². The molecule has 30 heavy (non-hydrogen) atoms. The number of pyridine rings is 1. The van der Waals surface area contributed by atoms with Crippen LogP contribution in [0.5, 0.6) is 5.75 Å². The Morgan fingerprint density at radius 1 is 1.00 bits per heavy atom. The fourth-order valence-corrected chi connectivity index (χ4v) is 3.70. The first-order valence-corrected chi connectivity index (χ1v) is 11.0. The molecule has 0 N–H and O–H groups in total. The highest BCUT2D eigenvalue weighted by Gasteiger charge is 2.16. The second kappa shape index (κ2) is 9.88. The number of ether oxygens (including phenoxy) is 1. The molecular weight excluding hydrogens is 374 g/mol. The first kappa shape index (κ1) is 22.0. The lowest BCUT2D eigenvalue weighted by Gasteiger charge is -2.14. The molecular formula is C25H33N3O2. The third-order valence-corrected chi connectivity index (χ3v) is 5.14. The SMILES string of the molecule is CCCOc1c(C)cc(-c2noc(-c3cnc(CC)c(CC(C)C)c3)n2)cc1CC. The van der Waals surface area contributed by atoms with Crippen molar-refractivity contribution < 1.29 is 9.26 Å². The number of aromatic nitrogens is 3. The average Bonchev–Trinajstić information content (AvgIpc) is 3.22. The van der Waals surface area contributed by atoms with Gasteiger partial charge in [0.1, 0.15) is 5.75 Å². The lowest BCUT2D eigenvalue weighted by molar-refractivity contribution is 0.312. The summed E-state index contributed by atoms with van der Waals surface area (Å²) in [6.07, 6.45) is 5.62. The number of hydrogen-bond donors (Lipinski definition) is 0. The molecule has 2 heterocycles. The molecule has 0 aliphatic heterocycles. The number of rotatable bonds is 9. The van der Waals surface area contributed by atoms with Gasteiger partial charge in [-0.15, -0.1) is 0 Å². The molecule has 0 amide bonds. The van der Waals surface area contributed by atoms with E-state index in [1.165, 1.54) is 5.56 Å². The van der Waals surface area contributed by atoms with E-state index in [2.05, 4.69) is 74.9 Å². The molecule has 0 aliphatic rings. The van der Waals surface area contributed by atoms with Gasteiger partial charge in [-0.05, 0) is 73.4 Å². The van der Waals surface area contributed by atoms with Gasteiger partial charge in [0.15, 0.2) is 0 Å². The first-order valence-electron chi connectivity index (χ1n) is 11.0. The summed E-state index contributed by atoms with van der Waals surface area (Å²) in [4.78, 5) is 9.32. The minimum absolute atomic E-state index is 0.507. The van der Waals surface area contributed by atoms with Crippen LogP contribution in [0, 0.1) is 12.8 Å². The summed E-state index contributed by atoms with van der Waals surface area (Å²) in [5.74, 6) is 2.64. The Hall–Kier alpha value is -2.69. The van der Waals surface area contributed by atoms with Crippen LogP contribution in [0.4, 0.5) is 0 Å². The molecule has 0 spiro atoms. The van der Waals surface area contributed by atoms with Crippen molar-refractivity contribution in [1.29, 1.82) is 0 Å². The smallest absolute Gasteiger partial charge is 0.259 e. The predicted octanol–water partition coefficient (Wildman–Crippen LogP) is 6.22. The third-order valence-electron chi connectivity index (χ3n) is 5.14. The van der Waals surface area contributed by atoms with Crippen LogP contribution in [0.1, 0.15) is 63.4 Å². The number of nitrogens with zero attached hydrogens (tertiary/aromatic N) is 3. The highest BCUT2D eigenvalue weighted by molar-refractivity contribution is 5.64. The van der Waals surface area contributed by atoms with Crippen molar-refractivity contribution >= 4 is 0 Å². The van der Waals surface area contributed by atoms with Crippen LogP contribution in [-0.2, 0) is 19.3 Å². The highest BCUT2D eigenvalue weighted by atomic mass is 16.5. The van der Waals surface area contributed by atoms with Gasteiger partial charge >= 0.3 is 0 Å². The van der Waals surface area contributed by atoms with Crippen molar-refractivity contribution in [3.05, 3.63) is 46.8 Å². The maximum Gasteiger partial charge on any atom is 0.259 e. The molecule has 3 rings (SSSR count). The zero-order valence-corrected chi connectivity index (χ0v) is 19.1. The quantitative estimate of drug-likeness (QED) is 0.421. The summed E-state index contributed by atoms with van der Waals surface area (Å²) in [5.41, 5.74) is 6.47. The molecule has 5 nitrogen and oxygen atoms in total. The molecule has 0 saturated heterocycles. The summed E-state index contributed by atoms with van der Waals surface area (Å²) < 4.78 is 11.6. The molecule has 0 saturated carbocycles. The topological polar surface area (TPSA) is 61.0 Å². The van der Waals surface area contributed by atoms with E-state index in [1.807, 2.05) is 6.20 Å². The summed E-state index contributed by atoms with van der Waals surface area (Å²) in [6, 6.07) is 6.32. The van der Waals surface area contributed by atoms with Crippen molar-refractivity contribution in [2.24, 2.45) is 5.92 Å². The molecule has 0 bridgehead atoms. The van der Waals surface area contributed by atoms with E-state index in [9.17, 15) is 0 Å². The minimum Gasteiger partial charge on any atom is -0.493 e. The average molecular weight is 408 g/mol. The first-order chi connectivity index (χ1) is 14.5. The summed E-state index contributed by atoms with van der Waals surface area (Å²) in [5, 5.41) is 4.25. The molecule has 5 heteroatoms. The zero-order valence-electron chi connectivity index (χ0n) is 19.1. The maximum absolute atomic E-state index is 5.97. The normalized spacial score (nSPS) is 11.3. The van der Waals surface area contributed by atoms with Gasteiger partial charge in [-0.3, -0.25) is 4.98 Å². The molecule has 1 aromatic carbocycles. The largest absolute Gasteiger partial charge is 0.493 e. The lowest BCUT2D eigenvalue weighted by Crippen LogP contribution is -2.02. The van der Waals surface area contributed by atoms with Gasteiger partial charge in [0, 0.05) is 17.5 Å². The summed E-state index contributed by atoms with van der Waals surface area (Å²) >= 11 is 0. The van der Waals surface area contributed by atoms with Crippen molar-refractivity contribution in [3.8, 4) is 28.6 Å². The molecule has 0 unspecified atom stereocenters. The second-order valence-electron chi connectivity index (χ2n) is 8.19. The van der Waals surface area contributed by atoms with E-state index >= 15 is 0 Å². The highest BCUT2D eigenvalue weighted by Crippen LogP contribution is 2.31. The number of aryl methyl sites for hydroxylation is 3. The molecule has 160 valence electrons. The second-order valence-corrected chi connectivity index (χ2v) is 8.19. The van der Waals surface area contributed by atoms with Crippen molar-refractivity contribution in [3.63, 3.8) is 0 Å². The van der Waals surface area contributed by atoms with E-state index in [1.54, 1.807) is 0 Å². The summed E-state index contributed by atoms with van der Waals surface area (Å²) in [7, 11) is 0. The fraction of sp³-hybridized carbons (Fsp3) is 0.480. The van der Waals surface area contributed by atoms with Crippen LogP contribution in [0.25, 0.3) is 22.8 Å². The van der Waals surface area contributed by atoms with E-state index in [0.717, 1.165) is 66.0 Å². The maximum atomic E-state index is 5.97. The van der Waals surface area contributed by atoms with Crippen LogP contribution in [0.3, 0.4) is 0 Å². The Morgan fingerprint density at radius 3 is 2.43 bits per heavy atom. The number of hydrogen-bond acceptors (Lipinski definition) is 5. The van der Waals surface area contributed by atoms with Gasteiger partial charge in [0.25, 0.3) is 5.89 Å². The van der Waals surface area contributed by atoms with Crippen LogP contribution in [0.2, 0.25) is 0 Å². The Balaban J connectivity index is 1.94. The van der Waals surface area contributed by atoms with Gasteiger partial charge in [-0.1, -0.05) is 39.8 Å². The van der Waals surface area contributed by atoms with Crippen LogP contribution >= 0.6 is 0 Å². The van der Waals surface area contributed by atoms with Crippen LogP contribution in [0.15, 0.2) is 28.9 Å². The molecule has 0 fully saturated rings. The molecule has 0 atom stereocenters. The van der Waals surface area contributed by atoms with Crippen LogP contribution in [-0.4, -0.2) is 21.7 Å². The minimum atomic E-state index is 0.507. The van der Waals surface area contributed by atoms with Gasteiger partial charge in [-0.25, -0.2) is 0 Å². The monoisotopic (exact) mass is 407 g/mol. The summed E-state index contributed by atoms with van der Waals surface area (Å²) in [6.45, 7) is 13.6. The fourth-order valence-electron chi connectivity index (χ4n) is 3.70. The lowest BCUT2D eigenvalue weighted by atomic mass is 9.99.